The van der Waals surface area contributed by atoms with Crippen LogP contribution >= 0.6 is 0 Å². The van der Waals surface area contributed by atoms with E-state index in [0.29, 0.717) is 5.82 Å². The first-order valence-corrected chi connectivity index (χ1v) is 7.51. The van der Waals surface area contributed by atoms with Crippen molar-refractivity contribution >= 4 is 17.8 Å². The molecular formula is C16H23N3O3. The van der Waals surface area contributed by atoms with Gasteiger partial charge in [0.1, 0.15) is 17.5 Å². The van der Waals surface area contributed by atoms with Crippen LogP contribution in [0.15, 0.2) is 24.4 Å². The molecule has 1 saturated carbocycles. The predicted molar refractivity (Wildman–Crippen MR) is 83.6 cm³/mol. The first kappa shape index (κ1) is 16.3. The van der Waals surface area contributed by atoms with Gasteiger partial charge in [-0.05, 0) is 52.7 Å². The molecule has 1 aromatic rings. The summed E-state index contributed by atoms with van der Waals surface area (Å²) in [5.74, 6) is 0.444. The van der Waals surface area contributed by atoms with Crippen LogP contribution in [0.2, 0.25) is 0 Å². The summed E-state index contributed by atoms with van der Waals surface area (Å²) in [4.78, 5) is 30.4. The second-order valence-electron chi connectivity index (χ2n) is 6.50. The maximum Gasteiger partial charge on any atom is 0.408 e. The van der Waals surface area contributed by atoms with Gasteiger partial charge in [0.05, 0.1) is 0 Å². The molecule has 0 aliphatic heterocycles. The van der Waals surface area contributed by atoms with Crippen molar-refractivity contribution in [3.8, 4) is 0 Å². The normalized spacial score (nSPS) is 15.8. The first-order valence-electron chi connectivity index (χ1n) is 7.51. The predicted octanol–water partition coefficient (Wildman–Crippen LogP) is 2.49. The number of anilines is 1. The molecule has 1 fully saturated rings. The molecule has 1 unspecified atom stereocenters. The Labute approximate surface area is 130 Å². The van der Waals surface area contributed by atoms with Crippen LogP contribution in [0.1, 0.15) is 40.5 Å². The van der Waals surface area contributed by atoms with E-state index in [1.807, 2.05) is 6.07 Å². The number of amides is 2. The molecule has 22 heavy (non-hydrogen) atoms. The molecule has 2 amide bonds. The fraction of sp³-hybridized carbons (Fsp3) is 0.562. The van der Waals surface area contributed by atoms with Crippen LogP contribution in [0.25, 0.3) is 0 Å². The standard InChI is InChI=1S/C16H23N3O3/c1-11(18-15(21)22-16(2,3)4)14(20)19(12-8-9-12)13-7-5-6-10-17-13/h5-7,10-12H,8-9H2,1-4H3,(H,18,21). The van der Waals surface area contributed by atoms with Gasteiger partial charge in [-0.2, -0.15) is 0 Å². The summed E-state index contributed by atoms with van der Waals surface area (Å²) in [6, 6.07) is 4.96. The van der Waals surface area contributed by atoms with E-state index in [4.69, 9.17) is 4.74 Å². The monoisotopic (exact) mass is 305 g/mol. The number of hydrogen-bond donors (Lipinski definition) is 1. The highest BCUT2D eigenvalue weighted by Gasteiger charge is 2.37. The lowest BCUT2D eigenvalue weighted by Gasteiger charge is -2.26. The highest BCUT2D eigenvalue weighted by molar-refractivity contribution is 5.98. The van der Waals surface area contributed by atoms with E-state index in [-0.39, 0.29) is 11.9 Å². The zero-order valence-corrected chi connectivity index (χ0v) is 13.5. The molecular weight excluding hydrogens is 282 g/mol. The number of nitrogens with zero attached hydrogens (tertiary/aromatic N) is 2. The zero-order valence-electron chi connectivity index (χ0n) is 13.5. The molecule has 1 atom stereocenters. The summed E-state index contributed by atoms with van der Waals surface area (Å²) in [6.07, 6.45) is 2.98. The lowest BCUT2D eigenvalue weighted by atomic mass is 10.2. The molecule has 1 N–H and O–H groups in total. The molecule has 1 aromatic heterocycles. The van der Waals surface area contributed by atoms with Gasteiger partial charge in [0, 0.05) is 12.2 Å². The highest BCUT2D eigenvalue weighted by Crippen LogP contribution is 2.31. The number of pyridine rings is 1. The Balaban J connectivity index is 2.03. The Morgan fingerprint density at radius 2 is 2.05 bits per heavy atom. The van der Waals surface area contributed by atoms with E-state index >= 15 is 0 Å². The van der Waals surface area contributed by atoms with Crippen molar-refractivity contribution in [2.75, 3.05) is 4.90 Å². The number of nitrogens with one attached hydrogen (secondary N) is 1. The third kappa shape index (κ3) is 4.44. The van der Waals surface area contributed by atoms with Crippen LogP contribution < -0.4 is 10.2 Å². The van der Waals surface area contributed by atoms with Crippen molar-refractivity contribution in [1.29, 1.82) is 0 Å². The molecule has 0 saturated heterocycles. The van der Waals surface area contributed by atoms with E-state index in [2.05, 4.69) is 10.3 Å². The van der Waals surface area contributed by atoms with E-state index < -0.39 is 17.7 Å². The molecule has 1 aliphatic rings. The van der Waals surface area contributed by atoms with E-state index in [0.717, 1.165) is 12.8 Å². The molecule has 2 rings (SSSR count). The molecule has 0 bridgehead atoms. The van der Waals surface area contributed by atoms with Gasteiger partial charge in [0.25, 0.3) is 5.91 Å². The fourth-order valence-electron chi connectivity index (χ4n) is 2.06. The SMILES string of the molecule is CC(NC(=O)OC(C)(C)C)C(=O)N(c1ccccn1)C1CC1. The molecule has 120 valence electrons. The van der Waals surface area contributed by atoms with Crippen molar-refractivity contribution < 1.29 is 14.3 Å². The Hall–Kier alpha value is -2.11. The van der Waals surface area contributed by atoms with E-state index in [1.165, 1.54) is 0 Å². The van der Waals surface area contributed by atoms with Crippen molar-refractivity contribution in [1.82, 2.24) is 10.3 Å². The average Bonchev–Trinajstić information content (AvgIpc) is 3.22. The largest absolute Gasteiger partial charge is 0.444 e. The lowest BCUT2D eigenvalue weighted by Crippen LogP contribution is -2.49. The minimum atomic E-state index is -0.669. The first-order chi connectivity index (χ1) is 10.3. The number of alkyl carbamates (subject to hydrolysis) is 1. The molecule has 1 aliphatic carbocycles. The third-order valence-electron chi connectivity index (χ3n) is 3.15. The summed E-state index contributed by atoms with van der Waals surface area (Å²) < 4.78 is 5.18. The van der Waals surface area contributed by atoms with Crippen molar-refractivity contribution in [2.45, 2.75) is 58.2 Å². The summed E-state index contributed by atoms with van der Waals surface area (Å²) in [5, 5.41) is 2.59. The average molecular weight is 305 g/mol. The van der Waals surface area contributed by atoms with Gasteiger partial charge >= 0.3 is 6.09 Å². The van der Waals surface area contributed by atoms with Crippen LogP contribution in [-0.2, 0) is 9.53 Å². The van der Waals surface area contributed by atoms with Gasteiger partial charge in [-0.1, -0.05) is 6.07 Å². The molecule has 0 aromatic carbocycles. The van der Waals surface area contributed by atoms with Crippen molar-refractivity contribution in [3.63, 3.8) is 0 Å². The quantitative estimate of drug-likeness (QED) is 0.927. The van der Waals surface area contributed by atoms with Crippen LogP contribution in [0.3, 0.4) is 0 Å². The summed E-state index contributed by atoms with van der Waals surface area (Å²) in [7, 11) is 0. The molecule has 0 radical (unpaired) electrons. The van der Waals surface area contributed by atoms with Crippen molar-refractivity contribution in [2.24, 2.45) is 0 Å². The van der Waals surface area contributed by atoms with Crippen LogP contribution in [0.4, 0.5) is 10.6 Å². The molecule has 1 heterocycles. The number of ether oxygens (including phenoxy) is 1. The van der Waals surface area contributed by atoms with Gasteiger partial charge in [-0.15, -0.1) is 0 Å². The van der Waals surface area contributed by atoms with Crippen LogP contribution in [-0.4, -0.2) is 34.7 Å². The van der Waals surface area contributed by atoms with Crippen molar-refractivity contribution in [3.05, 3.63) is 24.4 Å². The second kappa shape index (κ2) is 6.34. The van der Waals surface area contributed by atoms with Gasteiger partial charge in [-0.25, -0.2) is 9.78 Å². The topological polar surface area (TPSA) is 71.5 Å². The number of hydrogen-bond acceptors (Lipinski definition) is 4. The van der Waals surface area contributed by atoms with Gasteiger partial charge in [0.15, 0.2) is 0 Å². The smallest absolute Gasteiger partial charge is 0.408 e. The maximum atomic E-state index is 12.6. The zero-order chi connectivity index (χ0) is 16.3. The number of rotatable bonds is 4. The number of carbonyl (C=O) groups excluding carboxylic acids is 2. The molecule has 6 heteroatoms. The minimum absolute atomic E-state index is 0.172. The van der Waals surface area contributed by atoms with Gasteiger partial charge in [-0.3, -0.25) is 9.69 Å². The third-order valence-corrected chi connectivity index (χ3v) is 3.15. The number of carbonyl (C=O) groups is 2. The van der Waals surface area contributed by atoms with E-state index in [9.17, 15) is 9.59 Å². The van der Waals surface area contributed by atoms with Crippen LogP contribution in [0, 0.1) is 0 Å². The highest BCUT2D eigenvalue weighted by atomic mass is 16.6. The maximum absolute atomic E-state index is 12.6. The van der Waals surface area contributed by atoms with E-state index in [1.54, 1.807) is 50.9 Å². The Kier molecular flexibility index (Phi) is 4.68. The summed E-state index contributed by atoms with van der Waals surface area (Å²) >= 11 is 0. The molecule has 0 spiro atoms. The fourth-order valence-corrected chi connectivity index (χ4v) is 2.06. The minimum Gasteiger partial charge on any atom is -0.444 e. The molecule has 6 nitrogen and oxygen atoms in total. The van der Waals surface area contributed by atoms with Crippen LogP contribution in [0.5, 0.6) is 0 Å². The Morgan fingerprint density at radius 3 is 2.55 bits per heavy atom. The number of aromatic nitrogens is 1. The lowest BCUT2D eigenvalue weighted by molar-refractivity contribution is -0.120. The second-order valence-corrected chi connectivity index (χ2v) is 6.50. The van der Waals surface area contributed by atoms with Gasteiger partial charge < -0.3 is 10.1 Å². The summed E-state index contributed by atoms with van der Waals surface area (Å²) in [5.41, 5.74) is -0.593. The summed E-state index contributed by atoms with van der Waals surface area (Å²) in [6.45, 7) is 7.00. The van der Waals surface area contributed by atoms with Gasteiger partial charge in [0.2, 0.25) is 0 Å². The Bertz CT molecular complexity index is 535. The Morgan fingerprint density at radius 1 is 1.36 bits per heavy atom.